The van der Waals surface area contributed by atoms with Gasteiger partial charge < -0.3 is 9.30 Å². The predicted molar refractivity (Wildman–Crippen MR) is 104 cm³/mol. The van der Waals surface area contributed by atoms with E-state index in [4.69, 9.17) is 9.72 Å². The topological polar surface area (TPSA) is 49.0 Å². The van der Waals surface area contributed by atoms with Crippen LogP contribution in [0.1, 0.15) is 5.56 Å². The minimum Gasteiger partial charge on any atom is -0.497 e. The average Bonchev–Trinajstić information content (AvgIpc) is 3.26. The number of nitrogens with zero attached hydrogens (tertiary/aromatic N) is 3. The molecule has 2 aromatic carbocycles. The highest BCUT2D eigenvalue weighted by molar-refractivity contribution is 7.99. The summed E-state index contributed by atoms with van der Waals surface area (Å²) < 4.78 is 9.23. The lowest BCUT2D eigenvalue weighted by Crippen LogP contribution is -2.22. The molecule has 1 aliphatic heterocycles. The molecular weight excluding hydrogens is 346 g/mol. The van der Waals surface area contributed by atoms with Crippen LogP contribution in [0.2, 0.25) is 0 Å². The Hall–Kier alpha value is -2.73. The zero-order valence-corrected chi connectivity index (χ0v) is 15.1. The summed E-state index contributed by atoms with van der Waals surface area (Å²) >= 11 is 1.65. The Bertz CT molecular complexity index is 1210. The second-order valence-electron chi connectivity index (χ2n) is 6.35. The zero-order chi connectivity index (χ0) is 17.7. The van der Waals surface area contributed by atoms with Crippen LogP contribution in [0.5, 0.6) is 5.75 Å². The maximum absolute atomic E-state index is 13.2. The molecule has 4 aromatic rings. The first kappa shape index (κ1) is 15.5. The minimum atomic E-state index is 0.0501. The lowest BCUT2D eigenvalue weighted by molar-refractivity contribution is 0.414. The summed E-state index contributed by atoms with van der Waals surface area (Å²) in [5.41, 5.74) is 3.65. The van der Waals surface area contributed by atoms with Crippen molar-refractivity contribution in [3.05, 3.63) is 64.4 Å². The summed E-state index contributed by atoms with van der Waals surface area (Å²) in [4.78, 5) is 18.0. The molecule has 0 aliphatic carbocycles. The average molecular weight is 363 g/mol. The molecule has 5 rings (SSSR count). The fourth-order valence-corrected chi connectivity index (χ4v) is 4.58. The van der Waals surface area contributed by atoms with Crippen LogP contribution < -0.4 is 10.3 Å². The Kier molecular flexibility index (Phi) is 3.53. The second-order valence-corrected chi connectivity index (χ2v) is 7.41. The monoisotopic (exact) mass is 363 g/mol. The van der Waals surface area contributed by atoms with Gasteiger partial charge in [0.15, 0.2) is 5.16 Å². The predicted octanol–water partition coefficient (Wildman–Crippen LogP) is 3.51. The van der Waals surface area contributed by atoms with Crippen molar-refractivity contribution in [2.45, 2.75) is 18.2 Å². The molecule has 3 heterocycles. The standard InChI is InChI=1S/C20H17N3O2S/c1-25-14-6-4-5-13(11-14)12-23-16-8-3-2-7-15(16)17-18(23)19(24)22-9-10-26-20(22)21-17/h2-8,11H,9-10,12H2,1H3. The first-order valence-corrected chi connectivity index (χ1v) is 9.52. The van der Waals surface area contributed by atoms with Crippen LogP contribution in [-0.2, 0) is 13.1 Å². The number of benzene rings is 2. The quantitative estimate of drug-likeness (QED) is 0.523. The first-order chi connectivity index (χ1) is 12.8. The molecule has 0 radical (unpaired) electrons. The van der Waals surface area contributed by atoms with E-state index < -0.39 is 0 Å². The molecule has 0 amide bonds. The number of thioether (sulfide) groups is 1. The van der Waals surface area contributed by atoms with Gasteiger partial charge in [-0.25, -0.2) is 4.98 Å². The molecule has 0 fully saturated rings. The Morgan fingerprint density at radius 2 is 2.08 bits per heavy atom. The molecule has 26 heavy (non-hydrogen) atoms. The van der Waals surface area contributed by atoms with E-state index in [1.165, 1.54) is 0 Å². The smallest absolute Gasteiger partial charge is 0.278 e. The van der Waals surface area contributed by atoms with Crippen molar-refractivity contribution in [3.8, 4) is 5.75 Å². The molecule has 0 saturated carbocycles. The third kappa shape index (κ3) is 2.25. The fourth-order valence-electron chi connectivity index (χ4n) is 3.64. The summed E-state index contributed by atoms with van der Waals surface area (Å²) in [5.74, 6) is 1.72. The van der Waals surface area contributed by atoms with Crippen molar-refractivity contribution in [2.24, 2.45) is 0 Å². The van der Waals surface area contributed by atoms with Gasteiger partial charge in [-0.1, -0.05) is 42.1 Å². The maximum atomic E-state index is 13.2. The zero-order valence-electron chi connectivity index (χ0n) is 14.3. The largest absolute Gasteiger partial charge is 0.497 e. The third-order valence-electron chi connectivity index (χ3n) is 4.85. The molecule has 0 spiro atoms. The SMILES string of the molecule is COc1cccc(Cn2c3ccccc3c3nc4n(c(=O)c32)CCS4)c1. The van der Waals surface area contributed by atoms with Crippen molar-refractivity contribution in [1.82, 2.24) is 14.1 Å². The Labute approximate surface area is 154 Å². The van der Waals surface area contributed by atoms with E-state index in [1.54, 1.807) is 23.4 Å². The van der Waals surface area contributed by atoms with E-state index in [9.17, 15) is 4.79 Å². The van der Waals surface area contributed by atoms with Crippen molar-refractivity contribution in [2.75, 3.05) is 12.9 Å². The van der Waals surface area contributed by atoms with Crippen LogP contribution in [-0.4, -0.2) is 27.0 Å². The van der Waals surface area contributed by atoms with E-state index in [-0.39, 0.29) is 5.56 Å². The van der Waals surface area contributed by atoms with E-state index in [0.29, 0.717) is 12.1 Å². The van der Waals surface area contributed by atoms with E-state index >= 15 is 0 Å². The molecule has 0 saturated heterocycles. The summed E-state index contributed by atoms with van der Waals surface area (Å²) in [5, 5.41) is 1.85. The van der Waals surface area contributed by atoms with Gasteiger partial charge in [-0.05, 0) is 23.8 Å². The summed E-state index contributed by atoms with van der Waals surface area (Å²) in [6, 6.07) is 16.1. The van der Waals surface area contributed by atoms with Gasteiger partial charge in [-0.15, -0.1) is 0 Å². The lowest BCUT2D eigenvalue weighted by Gasteiger charge is -2.09. The molecule has 2 aromatic heterocycles. The number of aromatic nitrogens is 3. The van der Waals surface area contributed by atoms with Crippen LogP contribution in [0, 0.1) is 0 Å². The van der Waals surface area contributed by atoms with Gasteiger partial charge in [0, 0.05) is 24.2 Å². The summed E-state index contributed by atoms with van der Waals surface area (Å²) in [6.45, 7) is 1.33. The molecule has 0 N–H and O–H groups in total. The number of ether oxygens (including phenoxy) is 1. The van der Waals surface area contributed by atoms with Crippen molar-refractivity contribution in [3.63, 3.8) is 0 Å². The molecule has 6 heteroatoms. The van der Waals surface area contributed by atoms with E-state index in [1.807, 2.05) is 36.4 Å². The highest BCUT2D eigenvalue weighted by Gasteiger charge is 2.22. The summed E-state index contributed by atoms with van der Waals surface area (Å²) in [6.07, 6.45) is 0. The number of fused-ring (bicyclic) bond motifs is 4. The van der Waals surface area contributed by atoms with Crippen LogP contribution in [0.25, 0.3) is 21.9 Å². The highest BCUT2D eigenvalue weighted by Crippen LogP contribution is 2.30. The number of hydrogen-bond donors (Lipinski definition) is 0. The Morgan fingerprint density at radius 1 is 1.19 bits per heavy atom. The highest BCUT2D eigenvalue weighted by atomic mass is 32.2. The number of hydrogen-bond acceptors (Lipinski definition) is 4. The molecule has 130 valence electrons. The first-order valence-electron chi connectivity index (χ1n) is 8.54. The molecule has 0 bridgehead atoms. The van der Waals surface area contributed by atoms with Crippen LogP contribution in [0.15, 0.2) is 58.5 Å². The van der Waals surface area contributed by atoms with Gasteiger partial charge in [0.05, 0.1) is 12.6 Å². The van der Waals surface area contributed by atoms with Crippen molar-refractivity contribution >= 4 is 33.7 Å². The molecule has 0 atom stereocenters. The van der Waals surface area contributed by atoms with Crippen molar-refractivity contribution in [1.29, 1.82) is 0 Å². The minimum absolute atomic E-state index is 0.0501. The number of methoxy groups -OCH3 is 1. The van der Waals surface area contributed by atoms with Crippen LogP contribution >= 0.6 is 11.8 Å². The fraction of sp³-hybridized carbons (Fsp3) is 0.200. The Morgan fingerprint density at radius 3 is 2.96 bits per heavy atom. The van der Waals surface area contributed by atoms with Crippen LogP contribution in [0.3, 0.4) is 0 Å². The molecular formula is C20H17N3O2S. The van der Waals surface area contributed by atoms with Gasteiger partial charge in [0.1, 0.15) is 16.8 Å². The molecule has 1 aliphatic rings. The third-order valence-corrected chi connectivity index (χ3v) is 5.81. The van der Waals surface area contributed by atoms with Gasteiger partial charge in [-0.2, -0.15) is 0 Å². The van der Waals surface area contributed by atoms with E-state index in [2.05, 4.69) is 16.7 Å². The van der Waals surface area contributed by atoms with Gasteiger partial charge in [-0.3, -0.25) is 9.36 Å². The van der Waals surface area contributed by atoms with Crippen LogP contribution in [0.4, 0.5) is 0 Å². The Balaban J connectivity index is 1.81. The van der Waals surface area contributed by atoms with Gasteiger partial charge in [0.25, 0.3) is 5.56 Å². The molecule has 0 unspecified atom stereocenters. The summed E-state index contributed by atoms with van der Waals surface area (Å²) in [7, 11) is 1.66. The van der Waals surface area contributed by atoms with E-state index in [0.717, 1.165) is 45.2 Å². The van der Waals surface area contributed by atoms with Gasteiger partial charge in [0.2, 0.25) is 0 Å². The molecule has 5 nitrogen and oxygen atoms in total. The maximum Gasteiger partial charge on any atom is 0.278 e. The van der Waals surface area contributed by atoms with Crippen molar-refractivity contribution < 1.29 is 4.74 Å². The lowest BCUT2D eigenvalue weighted by atomic mass is 10.2. The number of para-hydroxylation sites is 1. The second kappa shape index (κ2) is 5.92. The van der Waals surface area contributed by atoms with Gasteiger partial charge >= 0.3 is 0 Å². The number of rotatable bonds is 3. The normalized spacial score (nSPS) is 13.4.